The Bertz CT molecular complexity index is 1310. The number of benzene rings is 3. The van der Waals surface area contributed by atoms with Gasteiger partial charge in [-0.05, 0) is 54.0 Å². The van der Waals surface area contributed by atoms with Crippen molar-refractivity contribution in [1.82, 2.24) is 0 Å². The van der Waals surface area contributed by atoms with E-state index in [1.165, 1.54) is 28.4 Å². The molecule has 0 aliphatic rings. The summed E-state index contributed by atoms with van der Waals surface area (Å²) in [5, 5.41) is 0.187. The first-order chi connectivity index (χ1) is 18.9. The second-order valence-corrected chi connectivity index (χ2v) is 13.5. The van der Waals surface area contributed by atoms with Crippen LogP contribution >= 0.6 is 7.14 Å². The van der Waals surface area contributed by atoms with Gasteiger partial charge in [-0.1, -0.05) is 64.1 Å². The van der Waals surface area contributed by atoms with Gasteiger partial charge >= 0.3 is 0 Å². The highest BCUT2D eigenvalue weighted by Gasteiger charge is 2.48. The van der Waals surface area contributed by atoms with Crippen LogP contribution in [0.1, 0.15) is 60.4 Å². The summed E-state index contributed by atoms with van der Waals surface area (Å²) in [6, 6.07) is 16.6. The SMILES string of the molecule is COc1cccc(OC)c1C(=O)P(=O)(C(=O)c1c(OC)cccc1OC)c1ccccc1CC(C)CC(C)(C)C. The van der Waals surface area contributed by atoms with E-state index in [1.54, 1.807) is 48.5 Å². The Hall–Kier alpha value is -3.57. The van der Waals surface area contributed by atoms with Crippen LogP contribution in [0.25, 0.3) is 0 Å². The lowest BCUT2D eigenvalue weighted by Crippen LogP contribution is -2.26. The Morgan fingerprint density at radius 1 is 0.700 bits per heavy atom. The van der Waals surface area contributed by atoms with Crippen molar-refractivity contribution >= 4 is 23.5 Å². The Morgan fingerprint density at radius 3 is 1.48 bits per heavy atom. The largest absolute Gasteiger partial charge is 0.496 e. The van der Waals surface area contributed by atoms with Gasteiger partial charge in [-0.25, -0.2) is 0 Å². The Morgan fingerprint density at radius 2 is 1.10 bits per heavy atom. The van der Waals surface area contributed by atoms with Gasteiger partial charge in [0.1, 0.15) is 34.1 Å². The molecule has 0 fully saturated rings. The van der Waals surface area contributed by atoms with Crippen LogP contribution < -0.4 is 24.3 Å². The number of carbonyl (C=O) groups is 2. The lowest BCUT2D eigenvalue weighted by atomic mass is 9.83. The number of hydrogen-bond acceptors (Lipinski definition) is 7. The van der Waals surface area contributed by atoms with Crippen LogP contribution in [0.4, 0.5) is 0 Å². The highest BCUT2D eigenvalue weighted by molar-refractivity contribution is 8.01. The van der Waals surface area contributed by atoms with Crippen molar-refractivity contribution in [1.29, 1.82) is 0 Å². The molecular formula is C32H39O7P. The fraction of sp³-hybridized carbons (Fsp3) is 0.375. The van der Waals surface area contributed by atoms with E-state index in [0.717, 1.165) is 6.42 Å². The van der Waals surface area contributed by atoms with Crippen molar-refractivity contribution in [2.24, 2.45) is 11.3 Å². The van der Waals surface area contributed by atoms with Gasteiger partial charge in [0.2, 0.25) is 18.2 Å². The van der Waals surface area contributed by atoms with Crippen molar-refractivity contribution in [3.05, 3.63) is 77.4 Å². The van der Waals surface area contributed by atoms with Crippen LogP contribution in [0, 0.1) is 11.3 Å². The molecule has 3 aromatic carbocycles. The van der Waals surface area contributed by atoms with Crippen molar-refractivity contribution < 1.29 is 33.1 Å². The van der Waals surface area contributed by atoms with E-state index >= 15 is 4.57 Å². The summed E-state index contributed by atoms with van der Waals surface area (Å²) in [6.45, 7) is 8.60. The van der Waals surface area contributed by atoms with Crippen molar-refractivity contribution in [3.63, 3.8) is 0 Å². The summed E-state index contributed by atoms with van der Waals surface area (Å²) in [4.78, 5) is 29.2. The predicted molar refractivity (Wildman–Crippen MR) is 158 cm³/mol. The van der Waals surface area contributed by atoms with Gasteiger partial charge in [0, 0.05) is 5.30 Å². The van der Waals surface area contributed by atoms with E-state index < -0.39 is 18.2 Å². The molecule has 0 bridgehead atoms. The smallest absolute Gasteiger partial charge is 0.249 e. The zero-order valence-electron chi connectivity index (χ0n) is 24.6. The number of ether oxygens (including phenoxy) is 4. The van der Waals surface area contributed by atoms with Crippen LogP contribution in [0.15, 0.2) is 60.7 Å². The molecule has 0 aromatic heterocycles. The Kier molecular flexibility index (Phi) is 9.86. The van der Waals surface area contributed by atoms with Gasteiger partial charge in [-0.2, -0.15) is 0 Å². The summed E-state index contributed by atoms with van der Waals surface area (Å²) in [6.07, 6.45) is 1.43. The minimum Gasteiger partial charge on any atom is -0.496 e. The fourth-order valence-electron chi connectivity index (χ4n) is 5.23. The van der Waals surface area contributed by atoms with E-state index in [-0.39, 0.29) is 50.8 Å². The highest BCUT2D eigenvalue weighted by Crippen LogP contribution is 2.56. The lowest BCUT2D eigenvalue weighted by Gasteiger charge is -2.26. The van der Waals surface area contributed by atoms with Crippen LogP contribution in [-0.2, 0) is 11.0 Å². The van der Waals surface area contributed by atoms with Gasteiger partial charge in [0.15, 0.2) is 0 Å². The average Bonchev–Trinajstić information content (AvgIpc) is 2.94. The second-order valence-electron chi connectivity index (χ2n) is 11.0. The number of methoxy groups -OCH3 is 4. The minimum absolute atomic E-state index is 0.0596. The first-order valence-corrected chi connectivity index (χ1v) is 14.8. The molecular weight excluding hydrogens is 527 g/mol. The molecule has 3 aromatic rings. The molecule has 0 saturated heterocycles. The lowest BCUT2D eigenvalue weighted by molar-refractivity contribution is 0.103. The number of hydrogen-bond donors (Lipinski definition) is 0. The highest BCUT2D eigenvalue weighted by atomic mass is 31.2. The summed E-state index contributed by atoms with van der Waals surface area (Å²) >= 11 is 0. The zero-order chi connectivity index (χ0) is 29.7. The summed E-state index contributed by atoms with van der Waals surface area (Å²) < 4.78 is 37.4. The Labute approximate surface area is 237 Å². The average molecular weight is 567 g/mol. The van der Waals surface area contributed by atoms with E-state index in [0.29, 0.717) is 12.0 Å². The van der Waals surface area contributed by atoms with Gasteiger partial charge in [0.25, 0.3) is 0 Å². The van der Waals surface area contributed by atoms with Crippen LogP contribution in [0.5, 0.6) is 23.0 Å². The normalized spacial score (nSPS) is 12.4. The van der Waals surface area contributed by atoms with Crippen LogP contribution in [0.2, 0.25) is 0 Å². The van der Waals surface area contributed by atoms with Crippen molar-refractivity contribution in [2.45, 2.75) is 40.5 Å². The maximum atomic E-state index is 15.5. The molecule has 3 rings (SSSR count). The van der Waals surface area contributed by atoms with E-state index in [1.807, 2.05) is 12.1 Å². The molecule has 1 unspecified atom stereocenters. The standard InChI is InChI=1S/C32H39O7P/c1-21(20-32(2,3)4)19-22-13-9-10-18-27(22)40(35,30(33)28-23(36-5)14-11-15-24(28)37-6)31(34)29-25(38-7)16-12-17-26(29)39-8/h9-18,21H,19-20H2,1-8H3. The van der Waals surface area contributed by atoms with Crippen LogP contribution in [0.3, 0.4) is 0 Å². The molecule has 1 atom stereocenters. The first kappa shape index (κ1) is 31.0. The third-order valence-corrected chi connectivity index (χ3v) is 9.42. The molecule has 8 heteroatoms. The van der Waals surface area contributed by atoms with E-state index in [9.17, 15) is 9.59 Å². The molecule has 40 heavy (non-hydrogen) atoms. The van der Waals surface area contributed by atoms with Gasteiger partial charge in [-0.15, -0.1) is 0 Å². The maximum Gasteiger partial charge on any atom is 0.249 e. The zero-order valence-corrected chi connectivity index (χ0v) is 25.5. The summed E-state index contributed by atoms with van der Waals surface area (Å²) in [7, 11) is 1.02. The molecule has 0 spiro atoms. The monoisotopic (exact) mass is 566 g/mol. The Balaban J connectivity index is 2.37. The molecule has 7 nitrogen and oxygen atoms in total. The maximum absolute atomic E-state index is 15.5. The summed E-state index contributed by atoms with van der Waals surface area (Å²) in [5.41, 5.74) is -1.14. The van der Waals surface area contributed by atoms with E-state index in [2.05, 4.69) is 27.7 Å². The van der Waals surface area contributed by atoms with Crippen molar-refractivity contribution in [3.8, 4) is 23.0 Å². The number of rotatable bonds is 12. The molecule has 0 saturated carbocycles. The third kappa shape index (κ3) is 6.26. The van der Waals surface area contributed by atoms with Gasteiger partial charge < -0.3 is 23.5 Å². The fourth-order valence-corrected chi connectivity index (χ4v) is 7.79. The van der Waals surface area contributed by atoms with Gasteiger partial charge in [-0.3, -0.25) is 9.59 Å². The first-order valence-electron chi connectivity index (χ1n) is 13.1. The van der Waals surface area contributed by atoms with Crippen LogP contribution in [-0.4, -0.2) is 39.5 Å². The molecule has 0 heterocycles. The topological polar surface area (TPSA) is 88.1 Å². The molecule has 0 aliphatic carbocycles. The second kappa shape index (κ2) is 12.7. The van der Waals surface area contributed by atoms with Crippen molar-refractivity contribution in [2.75, 3.05) is 28.4 Å². The molecule has 214 valence electrons. The number of carbonyl (C=O) groups excluding carboxylic acids is 2. The molecule has 0 amide bonds. The minimum atomic E-state index is -4.60. The predicted octanol–water partition coefficient (Wildman–Crippen LogP) is 7.01. The summed E-state index contributed by atoms with van der Waals surface area (Å²) in [5.74, 6) is 0.818. The third-order valence-electron chi connectivity index (χ3n) is 6.72. The molecule has 0 aliphatic heterocycles. The van der Waals surface area contributed by atoms with E-state index in [4.69, 9.17) is 18.9 Å². The molecule has 0 N–H and O–H groups in total. The van der Waals surface area contributed by atoms with Gasteiger partial charge in [0.05, 0.1) is 28.4 Å². The molecule has 0 radical (unpaired) electrons. The quantitative estimate of drug-likeness (QED) is 0.218.